The van der Waals surface area contributed by atoms with Crippen LogP contribution < -0.4 is 9.47 Å². The lowest BCUT2D eigenvalue weighted by molar-refractivity contribution is -0.137. The van der Waals surface area contributed by atoms with Crippen LogP contribution in [0.25, 0.3) is 6.08 Å². The Bertz CT molecular complexity index is 755. The molecular weight excluding hydrogens is 363 g/mol. The van der Waals surface area contributed by atoms with Gasteiger partial charge in [0, 0.05) is 11.1 Å². The topological polar surface area (TPSA) is 44.8 Å². The molecule has 0 atom stereocenters. The zero-order valence-electron chi connectivity index (χ0n) is 13.9. The van der Waals surface area contributed by atoms with Crippen molar-refractivity contribution in [2.24, 2.45) is 0 Å². The smallest absolute Gasteiger partial charge is 0.330 e. The number of carbonyl (C=O) groups is 1. The Hall–Kier alpha value is -2.17. The van der Waals surface area contributed by atoms with Crippen LogP contribution in [0, 0.1) is 0 Å². The minimum atomic E-state index is -0.416. The molecule has 0 saturated carbocycles. The van der Waals surface area contributed by atoms with Crippen LogP contribution in [-0.4, -0.2) is 19.7 Å². The van der Waals surface area contributed by atoms with Crippen molar-refractivity contribution in [3.8, 4) is 11.5 Å². The van der Waals surface area contributed by atoms with E-state index in [9.17, 15) is 4.79 Å². The van der Waals surface area contributed by atoms with Gasteiger partial charge in [-0.05, 0) is 48.4 Å². The van der Waals surface area contributed by atoms with Crippen LogP contribution in [0.2, 0.25) is 10.0 Å². The number of benzene rings is 2. The molecule has 0 amide bonds. The molecule has 0 N–H and O–H groups in total. The van der Waals surface area contributed by atoms with E-state index in [4.69, 9.17) is 37.4 Å². The van der Waals surface area contributed by atoms with Crippen molar-refractivity contribution >= 4 is 35.2 Å². The van der Waals surface area contributed by atoms with Crippen LogP contribution in [0.1, 0.15) is 18.1 Å². The second kappa shape index (κ2) is 9.35. The van der Waals surface area contributed by atoms with Gasteiger partial charge in [0.25, 0.3) is 0 Å². The number of carbonyl (C=O) groups excluding carboxylic acids is 1. The number of ether oxygens (including phenoxy) is 3. The van der Waals surface area contributed by atoms with E-state index in [2.05, 4.69) is 0 Å². The van der Waals surface area contributed by atoms with Crippen molar-refractivity contribution in [1.82, 2.24) is 0 Å². The fraction of sp³-hybridized carbons (Fsp3) is 0.211. The van der Waals surface area contributed by atoms with Crippen molar-refractivity contribution in [2.75, 3.05) is 13.7 Å². The lowest BCUT2D eigenvalue weighted by Gasteiger charge is -2.13. The predicted molar refractivity (Wildman–Crippen MR) is 99.5 cm³/mol. The molecule has 132 valence electrons. The molecule has 6 heteroatoms. The zero-order chi connectivity index (χ0) is 18.2. The lowest BCUT2D eigenvalue weighted by Crippen LogP contribution is -2.00. The van der Waals surface area contributed by atoms with Gasteiger partial charge in [-0.2, -0.15) is 0 Å². The molecule has 0 aliphatic rings. The number of methoxy groups -OCH3 is 1. The first-order chi connectivity index (χ1) is 12.0. The summed E-state index contributed by atoms with van der Waals surface area (Å²) in [4.78, 5) is 11.4. The van der Waals surface area contributed by atoms with Crippen LogP contribution in [0.3, 0.4) is 0 Å². The summed E-state index contributed by atoms with van der Waals surface area (Å²) >= 11 is 12.2. The Kier molecular flexibility index (Phi) is 7.16. The molecule has 2 rings (SSSR count). The normalized spacial score (nSPS) is 10.7. The van der Waals surface area contributed by atoms with Gasteiger partial charge >= 0.3 is 5.97 Å². The van der Waals surface area contributed by atoms with Gasteiger partial charge in [-0.25, -0.2) is 4.79 Å². The monoisotopic (exact) mass is 380 g/mol. The van der Waals surface area contributed by atoms with Gasteiger partial charge in [0.05, 0.1) is 18.7 Å². The summed E-state index contributed by atoms with van der Waals surface area (Å²) in [6.45, 7) is 2.40. The van der Waals surface area contributed by atoms with E-state index in [0.717, 1.165) is 5.56 Å². The van der Waals surface area contributed by atoms with Gasteiger partial charge in [-0.1, -0.05) is 35.3 Å². The van der Waals surface area contributed by atoms with Gasteiger partial charge in [0.2, 0.25) is 0 Å². The summed E-state index contributed by atoms with van der Waals surface area (Å²) in [5, 5.41) is 1.05. The van der Waals surface area contributed by atoms with Crippen molar-refractivity contribution in [1.29, 1.82) is 0 Å². The SMILES string of the molecule is CCOC(=O)/C=C/c1cc(Cl)c(OCc2ccc(Cl)cc2)c(OC)c1. The van der Waals surface area contributed by atoms with Gasteiger partial charge in [0.1, 0.15) is 6.61 Å². The maximum Gasteiger partial charge on any atom is 0.330 e. The van der Waals surface area contributed by atoms with Crippen molar-refractivity contribution in [3.63, 3.8) is 0 Å². The van der Waals surface area contributed by atoms with Gasteiger partial charge in [-0.15, -0.1) is 0 Å². The minimum Gasteiger partial charge on any atom is -0.493 e. The highest BCUT2D eigenvalue weighted by atomic mass is 35.5. The molecule has 0 heterocycles. The molecule has 4 nitrogen and oxygen atoms in total. The van der Waals surface area contributed by atoms with E-state index < -0.39 is 5.97 Å². The number of hydrogen-bond acceptors (Lipinski definition) is 4. The summed E-state index contributed by atoms with van der Waals surface area (Å²) in [6, 6.07) is 10.8. The van der Waals surface area contributed by atoms with E-state index in [-0.39, 0.29) is 0 Å². The highest BCUT2D eigenvalue weighted by Gasteiger charge is 2.12. The zero-order valence-corrected chi connectivity index (χ0v) is 15.4. The predicted octanol–water partition coefficient (Wildman–Crippen LogP) is 5.16. The van der Waals surface area contributed by atoms with Crippen LogP contribution in [0.15, 0.2) is 42.5 Å². The maximum absolute atomic E-state index is 11.4. The molecule has 0 fully saturated rings. The Balaban J connectivity index is 2.15. The Morgan fingerprint density at radius 1 is 1.16 bits per heavy atom. The highest BCUT2D eigenvalue weighted by Crippen LogP contribution is 2.37. The molecular formula is C19H18Cl2O4. The van der Waals surface area contributed by atoms with Gasteiger partial charge in [-0.3, -0.25) is 0 Å². The number of esters is 1. The molecule has 0 unspecified atom stereocenters. The van der Waals surface area contributed by atoms with Crippen LogP contribution in [0.4, 0.5) is 0 Å². The Labute approximate surface area is 156 Å². The Morgan fingerprint density at radius 2 is 1.88 bits per heavy atom. The summed E-state index contributed by atoms with van der Waals surface area (Å²) in [6.07, 6.45) is 2.94. The Morgan fingerprint density at radius 3 is 2.52 bits per heavy atom. The average Bonchev–Trinajstić information content (AvgIpc) is 2.60. The highest BCUT2D eigenvalue weighted by molar-refractivity contribution is 6.32. The third kappa shape index (κ3) is 5.69. The van der Waals surface area contributed by atoms with Crippen LogP contribution in [-0.2, 0) is 16.1 Å². The van der Waals surface area contributed by atoms with E-state index in [1.165, 1.54) is 13.2 Å². The fourth-order valence-electron chi connectivity index (χ4n) is 2.07. The molecule has 0 spiro atoms. The lowest BCUT2D eigenvalue weighted by atomic mass is 10.2. The summed E-state index contributed by atoms with van der Waals surface area (Å²) in [7, 11) is 1.53. The molecule has 0 aliphatic carbocycles. The third-order valence-electron chi connectivity index (χ3n) is 3.25. The van der Waals surface area contributed by atoms with E-state index >= 15 is 0 Å². The van der Waals surface area contributed by atoms with Gasteiger partial charge < -0.3 is 14.2 Å². The van der Waals surface area contributed by atoms with Crippen molar-refractivity contribution < 1.29 is 19.0 Å². The van der Waals surface area contributed by atoms with Crippen molar-refractivity contribution in [3.05, 3.63) is 63.6 Å². The standard InChI is InChI=1S/C19H18Cl2O4/c1-3-24-18(22)9-6-14-10-16(21)19(17(11-14)23-2)25-12-13-4-7-15(20)8-5-13/h4-11H,3,12H2,1-2H3/b9-6+. The number of hydrogen-bond donors (Lipinski definition) is 0. The first-order valence-electron chi connectivity index (χ1n) is 7.63. The first kappa shape index (κ1) is 19.2. The molecule has 0 bridgehead atoms. The maximum atomic E-state index is 11.4. The molecule has 2 aromatic carbocycles. The third-order valence-corrected chi connectivity index (χ3v) is 3.78. The fourth-order valence-corrected chi connectivity index (χ4v) is 2.47. The summed E-state index contributed by atoms with van der Waals surface area (Å²) in [5.41, 5.74) is 1.66. The van der Waals surface area contributed by atoms with E-state index in [1.807, 2.05) is 12.1 Å². The number of halogens is 2. The minimum absolute atomic E-state index is 0.324. The average molecular weight is 381 g/mol. The van der Waals surface area contributed by atoms with Crippen LogP contribution in [0.5, 0.6) is 11.5 Å². The summed E-state index contributed by atoms with van der Waals surface area (Å²) < 4.78 is 16.0. The van der Waals surface area contributed by atoms with E-state index in [0.29, 0.717) is 40.3 Å². The van der Waals surface area contributed by atoms with Gasteiger partial charge in [0.15, 0.2) is 11.5 Å². The molecule has 25 heavy (non-hydrogen) atoms. The number of rotatable bonds is 7. The second-order valence-corrected chi connectivity index (χ2v) is 5.88. The largest absolute Gasteiger partial charge is 0.493 e. The quantitative estimate of drug-likeness (QED) is 0.491. The van der Waals surface area contributed by atoms with E-state index in [1.54, 1.807) is 37.3 Å². The first-order valence-corrected chi connectivity index (χ1v) is 8.38. The van der Waals surface area contributed by atoms with Crippen LogP contribution >= 0.6 is 23.2 Å². The molecule has 0 radical (unpaired) electrons. The molecule has 2 aromatic rings. The molecule has 0 aliphatic heterocycles. The summed E-state index contributed by atoms with van der Waals surface area (Å²) in [5.74, 6) is 0.498. The second-order valence-electron chi connectivity index (χ2n) is 5.03. The molecule has 0 saturated heterocycles. The molecule has 0 aromatic heterocycles. The van der Waals surface area contributed by atoms with Crippen molar-refractivity contribution in [2.45, 2.75) is 13.5 Å².